The van der Waals surface area contributed by atoms with E-state index in [9.17, 15) is 9.90 Å². The van der Waals surface area contributed by atoms with E-state index in [1.54, 1.807) is 6.08 Å². The Bertz CT molecular complexity index is 467. The van der Waals surface area contributed by atoms with Gasteiger partial charge in [-0.15, -0.1) is 6.58 Å². The molecule has 1 aliphatic carbocycles. The van der Waals surface area contributed by atoms with Gasteiger partial charge in [-0.05, 0) is 55.1 Å². The molecule has 1 atom stereocenters. The van der Waals surface area contributed by atoms with E-state index in [2.05, 4.69) is 37.8 Å². The third-order valence-electron chi connectivity index (χ3n) is 4.81. The SMILES string of the molecule is C=CC(C(=O)O)[C@H]1CC[C@H](c2ccc(CCC)cc2)CC1. The minimum absolute atomic E-state index is 0.260. The average molecular weight is 286 g/mol. The minimum atomic E-state index is -0.725. The highest BCUT2D eigenvalue weighted by Crippen LogP contribution is 2.39. The van der Waals surface area contributed by atoms with Gasteiger partial charge in [0.1, 0.15) is 0 Å². The van der Waals surface area contributed by atoms with Crippen LogP contribution in [0.4, 0.5) is 0 Å². The first-order valence-electron chi connectivity index (χ1n) is 8.10. The maximum absolute atomic E-state index is 11.2. The van der Waals surface area contributed by atoms with E-state index in [-0.39, 0.29) is 11.8 Å². The first kappa shape index (κ1) is 15.8. The molecule has 0 bridgehead atoms. The van der Waals surface area contributed by atoms with Crippen molar-refractivity contribution in [2.24, 2.45) is 11.8 Å². The van der Waals surface area contributed by atoms with Crippen molar-refractivity contribution in [2.45, 2.75) is 51.4 Å². The van der Waals surface area contributed by atoms with E-state index in [0.717, 1.165) is 32.1 Å². The lowest BCUT2D eigenvalue weighted by Crippen LogP contribution is -2.25. The summed E-state index contributed by atoms with van der Waals surface area (Å²) in [6.07, 6.45) is 8.10. The lowest BCUT2D eigenvalue weighted by molar-refractivity contribution is -0.142. The van der Waals surface area contributed by atoms with E-state index in [0.29, 0.717) is 5.92 Å². The normalized spacial score (nSPS) is 23.5. The molecule has 0 heterocycles. The van der Waals surface area contributed by atoms with Crippen molar-refractivity contribution in [1.29, 1.82) is 0 Å². The number of hydrogen-bond acceptors (Lipinski definition) is 1. The summed E-state index contributed by atoms with van der Waals surface area (Å²) in [5.74, 6) is -0.248. The van der Waals surface area contributed by atoms with Crippen LogP contribution in [0.25, 0.3) is 0 Å². The van der Waals surface area contributed by atoms with E-state index >= 15 is 0 Å². The number of benzene rings is 1. The number of hydrogen-bond donors (Lipinski definition) is 1. The van der Waals surface area contributed by atoms with Crippen molar-refractivity contribution < 1.29 is 9.90 Å². The van der Waals surface area contributed by atoms with Crippen LogP contribution in [0.3, 0.4) is 0 Å². The molecule has 21 heavy (non-hydrogen) atoms. The Morgan fingerprint density at radius 3 is 2.38 bits per heavy atom. The van der Waals surface area contributed by atoms with Crippen molar-refractivity contribution >= 4 is 5.97 Å². The molecule has 0 aromatic heterocycles. The Morgan fingerprint density at radius 1 is 1.29 bits per heavy atom. The second-order valence-corrected chi connectivity index (χ2v) is 6.20. The summed E-state index contributed by atoms with van der Waals surface area (Å²) < 4.78 is 0. The predicted octanol–water partition coefficient (Wildman–Crippen LogP) is 4.80. The van der Waals surface area contributed by atoms with Crippen LogP contribution in [0.5, 0.6) is 0 Å². The molecule has 1 unspecified atom stereocenters. The molecular weight excluding hydrogens is 260 g/mol. The van der Waals surface area contributed by atoms with Crippen molar-refractivity contribution in [2.75, 3.05) is 0 Å². The fraction of sp³-hybridized carbons (Fsp3) is 0.526. The molecule has 1 fully saturated rings. The molecule has 2 heteroatoms. The fourth-order valence-electron chi connectivity index (χ4n) is 3.55. The van der Waals surface area contributed by atoms with E-state index < -0.39 is 5.97 Å². The van der Waals surface area contributed by atoms with E-state index in [1.165, 1.54) is 17.5 Å². The Morgan fingerprint density at radius 2 is 1.90 bits per heavy atom. The smallest absolute Gasteiger partial charge is 0.310 e. The number of carboxylic acids is 1. The molecule has 0 spiro atoms. The Hall–Kier alpha value is -1.57. The number of aryl methyl sites for hydroxylation is 1. The van der Waals surface area contributed by atoms with Gasteiger partial charge in [-0.3, -0.25) is 4.79 Å². The van der Waals surface area contributed by atoms with Gasteiger partial charge in [0, 0.05) is 0 Å². The van der Waals surface area contributed by atoms with Crippen LogP contribution >= 0.6 is 0 Å². The molecule has 1 aromatic carbocycles. The Labute approximate surface area is 127 Å². The van der Waals surface area contributed by atoms with Crippen LogP contribution in [0.1, 0.15) is 56.1 Å². The molecule has 0 aliphatic heterocycles. The molecule has 0 amide bonds. The number of rotatable bonds is 6. The van der Waals surface area contributed by atoms with Gasteiger partial charge in [-0.1, -0.05) is 43.7 Å². The topological polar surface area (TPSA) is 37.3 Å². The second-order valence-electron chi connectivity index (χ2n) is 6.20. The highest BCUT2D eigenvalue weighted by atomic mass is 16.4. The quantitative estimate of drug-likeness (QED) is 0.763. The highest BCUT2D eigenvalue weighted by molar-refractivity contribution is 5.72. The molecular formula is C19H26O2. The second kappa shape index (κ2) is 7.44. The van der Waals surface area contributed by atoms with Gasteiger partial charge in [0.15, 0.2) is 0 Å². The predicted molar refractivity (Wildman–Crippen MR) is 86.5 cm³/mol. The number of aliphatic carboxylic acids is 1. The summed E-state index contributed by atoms with van der Waals surface area (Å²) in [7, 11) is 0. The summed E-state index contributed by atoms with van der Waals surface area (Å²) in [6, 6.07) is 9.01. The maximum Gasteiger partial charge on any atom is 0.310 e. The minimum Gasteiger partial charge on any atom is -0.481 e. The summed E-state index contributed by atoms with van der Waals surface area (Å²) in [5, 5.41) is 9.22. The Kier molecular flexibility index (Phi) is 5.60. The zero-order valence-electron chi connectivity index (χ0n) is 12.9. The van der Waals surface area contributed by atoms with Gasteiger partial charge in [0.2, 0.25) is 0 Å². The number of carbonyl (C=O) groups is 1. The molecule has 0 saturated heterocycles. The standard InChI is InChI=1S/C19H26O2/c1-3-5-14-6-8-15(9-7-14)16-10-12-17(13-11-16)18(4-2)19(20)21/h4,6-9,16-18H,2-3,5,10-13H2,1H3,(H,20,21)/t16-,17-,18?. The van der Waals surface area contributed by atoms with Crippen LogP contribution in [-0.4, -0.2) is 11.1 Å². The van der Waals surface area contributed by atoms with E-state index in [4.69, 9.17) is 0 Å². The zero-order valence-corrected chi connectivity index (χ0v) is 12.9. The monoisotopic (exact) mass is 286 g/mol. The van der Waals surface area contributed by atoms with Crippen LogP contribution in [0.15, 0.2) is 36.9 Å². The third kappa shape index (κ3) is 3.96. The van der Waals surface area contributed by atoms with E-state index in [1.807, 2.05) is 0 Å². The van der Waals surface area contributed by atoms with Crippen molar-refractivity contribution in [1.82, 2.24) is 0 Å². The summed E-state index contributed by atoms with van der Waals surface area (Å²) in [5.41, 5.74) is 2.83. The Balaban J connectivity index is 1.94. The van der Waals surface area contributed by atoms with Crippen LogP contribution < -0.4 is 0 Å². The van der Waals surface area contributed by atoms with Crippen molar-refractivity contribution in [3.8, 4) is 0 Å². The van der Waals surface area contributed by atoms with Crippen LogP contribution in [0, 0.1) is 11.8 Å². The number of carboxylic acid groups (broad SMARTS) is 1. The van der Waals surface area contributed by atoms with Crippen LogP contribution in [-0.2, 0) is 11.2 Å². The lowest BCUT2D eigenvalue weighted by atomic mass is 9.74. The molecule has 2 rings (SSSR count). The molecule has 2 nitrogen and oxygen atoms in total. The van der Waals surface area contributed by atoms with Gasteiger partial charge >= 0.3 is 5.97 Å². The molecule has 114 valence electrons. The van der Waals surface area contributed by atoms with Gasteiger partial charge in [0.05, 0.1) is 5.92 Å². The molecule has 1 N–H and O–H groups in total. The fourth-order valence-corrected chi connectivity index (χ4v) is 3.55. The van der Waals surface area contributed by atoms with Crippen molar-refractivity contribution in [3.63, 3.8) is 0 Å². The van der Waals surface area contributed by atoms with Gasteiger partial charge in [0.25, 0.3) is 0 Å². The molecule has 0 radical (unpaired) electrons. The third-order valence-corrected chi connectivity index (χ3v) is 4.81. The maximum atomic E-state index is 11.2. The highest BCUT2D eigenvalue weighted by Gasteiger charge is 2.30. The summed E-state index contributed by atoms with van der Waals surface area (Å²) in [4.78, 5) is 11.2. The zero-order chi connectivity index (χ0) is 15.2. The molecule has 1 aliphatic rings. The first-order valence-corrected chi connectivity index (χ1v) is 8.10. The lowest BCUT2D eigenvalue weighted by Gasteiger charge is -2.31. The largest absolute Gasteiger partial charge is 0.481 e. The van der Waals surface area contributed by atoms with Gasteiger partial charge in [-0.2, -0.15) is 0 Å². The molecule has 1 saturated carbocycles. The average Bonchev–Trinajstić information content (AvgIpc) is 2.49. The van der Waals surface area contributed by atoms with Gasteiger partial charge < -0.3 is 5.11 Å². The van der Waals surface area contributed by atoms with Crippen molar-refractivity contribution in [3.05, 3.63) is 48.0 Å². The summed E-state index contributed by atoms with van der Waals surface area (Å²) in [6.45, 7) is 5.88. The molecule has 1 aromatic rings. The summed E-state index contributed by atoms with van der Waals surface area (Å²) >= 11 is 0. The van der Waals surface area contributed by atoms with Gasteiger partial charge in [-0.25, -0.2) is 0 Å². The first-order chi connectivity index (χ1) is 10.2. The van der Waals surface area contributed by atoms with Crippen LogP contribution in [0.2, 0.25) is 0 Å².